The minimum Gasteiger partial charge on any atom is -0.387 e. The molecule has 1 aromatic heterocycles. The third kappa shape index (κ3) is 5.50. The molecule has 2 aliphatic carbocycles. The molecule has 3 N–H and O–H groups in total. The zero-order valence-electron chi connectivity index (χ0n) is 22.3. The fourth-order valence-corrected chi connectivity index (χ4v) is 8.65. The van der Waals surface area contributed by atoms with Crippen molar-refractivity contribution in [3.8, 4) is 0 Å². The molecule has 0 spiro atoms. The zero-order valence-corrected chi connectivity index (χ0v) is 23.9. The van der Waals surface area contributed by atoms with E-state index >= 15 is 0 Å². The van der Waals surface area contributed by atoms with Crippen LogP contribution in [0.5, 0.6) is 0 Å². The van der Waals surface area contributed by atoms with Crippen molar-refractivity contribution < 1.29 is 36.3 Å². The van der Waals surface area contributed by atoms with Crippen LogP contribution in [0.4, 0.5) is 18.9 Å². The van der Waals surface area contributed by atoms with E-state index in [4.69, 9.17) is 11.6 Å². The van der Waals surface area contributed by atoms with Gasteiger partial charge in [-0.1, -0.05) is 18.5 Å². The first-order chi connectivity index (χ1) is 19.8. The van der Waals surface area contributed by atoms with Gasteiger partial charge in [0.15, 0.2) is 27.3 Å². The highest BCUT2D eigenvalue weighted by molar-refractivity contribution is 7.92. The van der Waals surface area contributed by atoms with Crippen molar-refractivity contribution in [3.63, 3.8) is 0 Å². The maximum absolute atomic E-state index is 13.8. The molecule has 42 heavy (non-hydrogen) atoms. The average Bonchev–Trinajstić information content (AvgIpc) is 3.07. The van der Waals surface area contributed by atoms with Crippen LogP contribution in [0.3, 0.4) is 0 Å². The molecular weight excluding hydrogens is 595 g/mol. The van der Waals surface area contributed by atoms with Gasteiger partial charge in [-0.25, -0.2) is 21.6 Å². The SMILES string of the molecule is C[C@H]1CC2CC(S(=O)(=O)c3cc(C(=O)Nc4cc(F)c(F)c(F)c4)ccc3Cl)CC1[C@@]2(O)CNC(=O)c1cccnc1. The van der Waals surface area contributed by atoms with Crippen LogP contribution in [-0.4, -0.2) is 47.7 Å². The van der Waals surface area contributed by atoms with E-state index < -0.39 is 61.8 Å². The molecule has 3 unspecified atom stereocenters. The van der Waals surface area contributed by atoms with E-state index in [0.29, 0.717) is 24.1 Å². The van der Waals surface area contributed by atoms with Crippen LogP contribution in [0.25, 0.3) is 0 Å². The summed E-state index contributed by atoms with van der Waals surface area (Å²) in [6, 6.07) is 8.00. The minimum atomic E-state index is -4.10. The number of sulfone groups is 1. The van der Waals surface area contributed by atoms with Crippen molar-refractivity contribution in [2.75, 3.05) is 11.9 Å². The van der Waals surface area contributed by atoms with Crippen LogP contribution in [0, 0.1) is 35.2 Å². The van der Waals surface area contributed by atoms with E-state index in [1.54, 1.807) is 12.1 Å². The Bertz CT molecular complexity index is 1640. The van der Waals surface area contributed by atoms with Gasteiger partial charge in [-0.05, 0) is 67.3 Å². The van der Waals surface area contributed by atoms with Gasteiger partial charge >= 0.3 is 0 Å². The number of amides is 2. The van der Waals surface area contributed by atoms with E-state index in [1.165, 1.54) is 24.5 Å². The van der Waals surface area contributed by atoms with Crippen LogP contribution in [0.15, 0.2) is 59.8 Å². The second-order valence-electron chi connectivity index (χ2n) is 10.9. The summed E-state index contributed by atoms with van der Waals surface area (Å²) < 4.78 is 68.1. The molecule has 2 aliphatic rings. The number of anilines is 1. The summed E-state index contributed by atoms with van der Waals surface area (Å²) in [6.45, 7) is 1.89. The highest BCUT2D eigenvalue weighted by atomic mass is 35.5. The number of hydrogen-bond acceptors (Lipinski definition) is 6. The van der Waals surface area contributed by atoms with Crippen molar-refractivity contribution in [1.29, 1.82) is 0 Å². The van der Waals surface area contributed by atoms with Crippen LogP contribution in [0.2, 0.25) is 5.02 Å². The van der Waals surface area contributed by atoms with E-state index in [1.807, 2.05) is 6.92 Å². The monoisotopic (exact) mass is 621 g/mol. The Morgan fingerprint density at radius 1 is 1.05 bits per heavy atom. The van der Waals surface area contributed by atoms with Gasteiger partial charge in [-0.3, -0.25) is 14.6 Å². The number of benzene rings is 2. The highest BCUT2D eigenvalue weighted by Gasteiger charge is 2.58. The second-order valence-corrected chi connectivity index (χ2v) is 13.5. The number of carbonyl (C=O) groups excluding carboxylic acids is 2. The molecule has 2 bridgehead atoms. The topological polar surface area (TPSA) is 125 Å². The maximum atomic E-state index is 13.8. The summed E-state index contributed by atoms with van der Waals surface area (Å²) >= 11 is 6.29. The lowest BCUT2D eigenvalue weighted by molar-refractivity contribution is -0.0598. The van der Waals surface area contributed by atoms with Crippen LogP contribution < -0.4 is 10.6 Å². The predicted molar refractivity (Wildman–Crippen MR) is 148 cm³/mol. The number of nitrogens with zero attached hydrogens (tertiary/aromatic N) is 1. The van der Waals surface area contributed by atoms with Crippen LogP contribution in [-0.2, 0) is 9.84 Å². The van der Waals surface area contributed by atoms with Gasteiger partial charge < -0.3 is 15.7 Å². The molecular formula is C29H27ClF3N3O5S. The molecule has 0 saturated heterocycles. The van der Waals surface area contributed by atoms with Crippen molar-refractivity contribution in [2.45, 2.75) is 41.9 Å². The van der Waals surface area contributed by atoms with Gasteiger partial charge in [0.2, 0.25) is 0 Å². The van der Waals surface area contributed by atoms with Crippen molar-refractivity contribution in [2.24, 2.45) is 17.8 Å². The molecule has 5 rings (SSSR count). The van der Waals surface area contributed by atoms with Gasteiger partial charge in [0.1, 0.15) is 0 Å². The number of aliphatic hydroxyl groups is 1. The van der Waals surface area contributed by atoms with Crippen LogP contribution in [0.1, 0.15) is 46.9 Å². The summed E-state index contributed by atoms with van der Waals surface area (Å²) in [5.74, 6) is -6.83. The van der Waals surface area contributed by atoms with E-state index in [2.05, 4.69) is 15.6 Å². The summed E-state index contributed by atoms with van der Waals surface area (Å²) in [5.41, 5.74) is -1.48. The van der Waals surface area contributed by atoms with Gasteiger partial charge in [-0.15, -0.1) is 0 Å². The molecule has 3 aromatic rings. The fourth-order valence-electron chi connectivity index (χ4n) is 6.27. The lowest BCUT2D eigenvalue weighted by Crippen LogP contribution is -2.55. The number of fused-ring (bicyclic) bond motifs is 2. The van der Waals surface area contributed by atoms with E-state index in [9.17, 15) is 36.3 Å². The number of aromatic nitrogens is 1. The first-order valence-corrected chi connectivity index (χ1v) is 15.1. The Morgan fingerprint density at radius 2 is 1.76 bits per heavy atom. The van der Waals surface area contributed by atoms with E-state index in [-0.39, 0.29) is 46.5 Å². The Hall–Kier alpha value is -3.48. The van der Waals surface area contributed by atoms with E-state index in [0.717, 1.165) is 6.07 Å². The second kappa shape index (κ2) is 11.3. The minimum absolute atomic E-state index is 0.0143. The van der Waals surface area contributed by atoms with Gasteiger partial charge in [0.25, 0.3) is 11.8 Å². The van der Waals surface area contributed by atoms with Crippen molar-refractivity contribution in [3.05, 3.63) is 88.5 Å². The first-order valence-electron chi connectivity index (χ1n) is 13.2. The number of hydrogen-bond donors (Lipinski definition) is 3. The summed E-state index contributed by atoms with van der Waals surface area (Å²) in [7, 11) is -4.10. The molecule has 1 heterocycles. The predicted octanol–water partition coefficient (Wildman–Crippen LogP) is 4.77. The highest BCUT2D eigenvalue weighted by Crippen LogP contribution is 2.54. The average molecular weight is 622 g/mol. The fraction of sp³-hybridized carbons (Fsp3) is 0.345. The number of carbonyl (C=O) groups is 2. The quantitative estimate of drug-likeness (QED) is 0.326. The number of pyridine rings is 1. The van der Waals surface area contributed by atoms with Crippen molar-refractivity contribution in [1.82, 2.24) is 10.3 Å². The standard InChI is InChI=1S/C29H27ClF3N3O5S/c1-15-7-18-9-20(12-21(15)29(18,39)14-35-27(37)17-3-2-6-34-13-17)42(40,41)25-8-16(4-5-22(25)30)28(38)36-19-10-23(31)26(33)24(32)11-19/h2-6,8,10-11,13,15,18,20-21,39H,7,9,12,14H2,1H3,(H,35,37)(H,36,38)/t15-,18?,20?,21?,29+/m0/s1. The molecule has 0 radical (unpaired) electrons. The normalized spacial score (nSPS) is 25.2. The Morgan fingerprint density at radius 3 is 2.40 bits per heavy atom. The molecule has 222 valence electrons. The number of rotatable bonds is 7. The smallest absolute Gasteiger partial charge is 0.255 e. The van der Waals surface area contributed by atoms with Gasteiger partial charge in [0.05, 0.1) is 26.3 Å². The lowest BCUT2D eigenvalue weighted by Gasteiger charge is -2.43. The molecule has 8 nitrogen and oxygen atoms in total. The van der Waals surface area contributed by atoms with Crippen molar-refractivity contribution >= 4 is 38.9 Å². The largest absolute Gasteiger partial charge is 0.387 e. The molecule has 2 aromatic carbocycles. The molecule has 5 atom stereocenters. The first kappa shape index (κ1) is 30.0. The van der Waals surface area contributed by atoms with Gasteiger partial charge in [0, 0.05) is 42.3 Å². The molecule has 13 heteroatoms. The Balaban J connectivity index is 1.34. The molecule has 2 saturated carbocycles. The van der Waals surface area contributed by atoms with Crippen LogP contribution >= 0.6 is 11.6 Å². The summed E-state index contributed by atoms with van der Waals surface area (Å²) in [6.07, 6.45) is 3.74. The zero-order chi connectivity index (χ0) is 30.4. The summed E-state index contributed by atoms with van der Waals surface area (Å²) in [4.78, 5) is 29.0. The molecule has 0 aliphatic heterocycles. The van der Waals surface area contributed by atoms with Gasteiger partial charge in [-0.2, -0.15) is 0 Å². The molecule has 2 amide bonds. The summed E-state index contributed by atoms with van der Waals surface area (Å²) in [5, 5.41) is 15.6. The third-order valence-electron chi connectivity index (χ3n) is 8.39. The number of nitrogens with one attached hydrogen (secondary N) is 2. The maximum Gasteiger partial charge on any atom is 0.255 e. The Labute approximate surface area is 245 Å². The lowest BCUT2D eigenvalue weighted by atomic mass is 9.73. The third-order valence-corrected chi connectivity index (χ3v) is 11.0. The Kier molecular flexibility index (Phi) is 8.08. The number of halogens is 4. The molecule has 2 fully saturated rings.